The number of carboxylic acid groups (broad SMARTS) is 1. The Morgan fingerprint density at radius 2 is 2.15 bits per heavy atom. The van der Waals surface area contributed by atoms with Gasteiger partial charge in [0.2, 0.25) is 0 Å². The van der Waals surface area contributed by atoms with Crippen molar-refractivity contribution in [2.75, 3.05) is 5.32 Å². The molecule has 2 atom stereocenters. The monoisotopic (exact) mass is 334 g/mol. The van der Waals surface area contributed by atoms with E-state index in [9.17, 15) is 4.79 Å². The molecule has 1 saturated carbocycles. The van der Waals surface area contributed by atoms with Crippen molar-refractivity contribution in [2.45, 2.75) is 25.3 Å². The van der Waals surface area contributed by atoms with Crippen LogP contribution in [0.3, 0.4) is 0 Å². The molecule has 0 saturated heterocycles. The molecule has 2 aromatic rings. The second-order valence-electron chi connectivity index (χ2n) is 5.18. The number of fused-ring (bicyclic) bond motifs is 1. The van der Waals surface area contributed by atoms with Gasteiger partial charge in [0, 0.05) is 27.5 Å². The molecule has 0 amide bonds. The molecule has 104 valence electrons. The van der Waals surface area contributed by atoms with Gasteiger partial charge < -0.3 is 10.4 Å². The lowest BCUT2D eigenvalue weighted by Crippen LogP contribution is -2.18. The van der Waals surface area contributed by atoms with E-state index in [1.165, 1.54) is 0 Å². The predicted molar refractivity (Wildman–Crippen MR) is 81.8 cm³/mol. The van der Waals surface area contributed by atoms with Crippen molar-refractivity contribution in [1.29, 1.82) is 0 Å². The average molecular weight is 335 g/mol. The van der Waals surface area contributed by atoms with E-state index in [4.69, 9.17) is 5.11 Å². The lowest BCUT2D eigenvalue weighted by Gasteiger charge is -2.15. The molecule has 5 heteroatoms. The number of pyridine rings is 1. The number of benzene rings is 1. The third-order valence-corrected chi connectivity index (χ3v) is 4.57. The Kier molecular flexibility index (Phi) is 3.61. The fraction of sp³-hybridized carbons (Fsp3) is 0.333. The summed E-state index contributed by atoms with van der Waals surface area (Å²) in [5.74, 6) is -0.0861. The van der Waals surface area contributed by atoms with Gasteiger partial charge in [-0.3, -0.25) is 4.79 Å². The molecule has 0 radical (unpaired) electrons. The first kappa shape index (κ1) is 13.4. The molecule has 0 unspecified atom stereocenters. The maximum absolute atomic E-state index is 11.0. The van der Waals surface area contributed by atoms with Gasteiger partial charge in [0.25, 0.3) is 0 Å². The summed E-state index contributed by atoms with van der Waals surface area (Å²) in [6.45, 7) is 0. The summed E-state index contributed by atoms with van der Waals surface area (Å²) in [4.78, 5) is 15.4. The lowest BCUT2D eigenvalue weighted by atomic mass is 10.1. The van der Waals surface area contributed by atoms with Gasteiger partial charge in [0.05, 0.1) is 5.92 Å². The van der Waals surface area contributed by atoms with Gasteiger partial charge in [-0.25, -0.2) is 4.98 Å². The molecule has 0 aliphatic heterocycles. The van der Waals surface area contributed by atoms with Gasteiger partial charge in [0.1, 0.15) is 5.82 Å². The molecule has 3 rings (SSSR count). The van der Waals surface area contributed by atoms with Crippen molar-refractivity contribution < 1.29 is 9.90 Å². The second kappa shape index (κ2) is 5.40. The predicted octanol–water partition coefficient (Wildman–Crippen LogP) is 3.66. The maximum atomic E-state index is 11.0. The fourth-order valence-corrected chi connectivity index (χ4v) is 3.31. The summed E-state index contributed by atoms with van der Waals surface area (Å²) >= 11 is 3.54. The van der Waals surface area contributed by atoms with Crippen molar-refractivity contribution >= 4 is 38.5 Å². The highest BCUT2D eigenvalue weighted by molar-refractivity contribution is 9.10. The maximum Gasteiger partial charge on any atom is 0.306 e. The van der Waals surface area contributed by atoms with Crippen LogP contribution in [-0.2, 0) is 4.79 Å². The number of carboxylic acids is 1. The average Bonchev–Trinajstić information content (AvgIpc) is 2.89. The number of hydrogen-bond acceptors (Lipinski definition) is 3. The second-order valence-corrected chi connectivity index (χ2v) is 6.04. The minimum absolute atomic E-state index is 0.188. The largest absolute Gasteiger partial charge is 0.481 e. The number of nitrogens with one attached hydrogen (secondary N) is 1. The van der Waals surface area contributed by atoms with Crippen LogP contribution >= 0.6 is 15.9 Å². The number of anilines is 1. The zero-order chi connectivity index (χ0) is 14.1. The zero-order valence-electron chi connectivity index (χ0n) is 10.8. The molecular weight excluding hydrogens is 320 g/mol. The summed E-state index contributed by atoms with van der Waals surface area (Å²) in [7, 11) is 0. The molecule has 0 bridgehead atoms. The van der Waals surface area contributed by atoms with Crippen LogP contribution in [0.25, 0.3) is 10.8 Å². The van der Waals surface area contributed by atoms with Crippen LogP contribution in [0.15, 0.2) is 34.9 Å². The molecule has 1 heterocycles. The van der Waals surface area contributed by atoms with E-state index in [2.05, 4.69) is 26.2 Å². The van der Waals surface area contributed by atoms with Gasteiger partial charge in [-0.2, -0.15) is 0 Å². The molecule has 20 heavy (non-hydrogen) atoms. The number of nitrogens with zero attached hydrogens (tertiary/aromatic N) is 1. The third-order valence-electron chi connectivity index (χ3n) is 3.88. The van der Waals surface area contributed by atoms with Crippen LogP contribution in [0.4, 0.5) is 5.82 Å². The molecule has 0 spiro atoms. The van der Waals surface area contributed by atoms with Crippen LogP contribution in [0.2, 0.25) is 0 Å². The minimum atomic E-state index is -0.692. The number of carbonyl (C=O) groups is 1. The molecule has 4 nitrogen and oxygen atoms in total. The van der Waals surface area contributed by atoms with E-state index in [0.717, 1.165) is 33.9 Å². The van der Waals surface area contributed by atoms with Crippen LogP contribution in [0, 0.1) is 5.92 Å². The van der Waals surface area contributed by atoms with Crippen LogP contribution < -0.4 is 5.32 Å². The summed E-state index contributed by atoms with van der Waals surface area (Å²) in [5.41, 5.74) is 0. The SMILES string of the molecule is O=C(O)[C@@H]1CC[C@H](Nc2nccc3c(Br)cccc23)C1. The van der Waals surface area contributed by atoms with Crippen LogP contribution in [0.5, 0.6) is 0 Å². The Bertz CT molecular complexity index is 659. The summed E-state index contributed by atoms with van der Waals surface area (Å²) in [5, 5.41) is 14.6. The van der Waals surface area contributed by atoms with Gasteiger partial charge in [-0.15, -0.1) is 0 Å². The van der Waals surface area contributed by atoms with E-state index in [-0.39, 0.29) is 12.0 Å². The molecular formula is C15H15BrN2O2. The van der Waals surface area contributed by atoms with Crippen molar-refractivity contribution in [1.82, 2.24) is 4.98 Å². The van der Waals surface area contributed by atoms with Crippen molar-refractivity contribution in [2.24, 2.45) is 5.92 Å². The standard InChI is InChI=1S/C15H15BrN2O2/c16-13-3-1-2-12-11(13)6-7-17-14(12)18-10-5-4-9(8-10)15(19)20/h1-3,6-7,9-10H,4-5,8H2,(H,17,18)(H,19,20)/t9-,10+/m1/s1. The molecule has 1 aliphatic carbocycles. The van der Waals surface area contributed by atoms with Gasteiger partial charge in [0.15, 0.2) is 0 Å². The van der Waals surface area contributed by atoms with Crippen molar-refractivity contribution in [3.05, 3.63) is 34.9 Å². The Labute approximate surface area is 125 Å². The van der Waals surface area contributed by atoms with E-state index in [1.807, 2.05) is 24.3 Å². The topological polar surface area (TPSA) is 62.2 Å². The summed E-state index contributed by atoms with van der Waals surface area (Å²) in [6, 6.07) is 8.17. The van der Waals surface area contributed by atoms with Crippen molar-refractivity contribution in [3.8, 4) is 0 Å². The molecule has 2 N–H and O–H groups in total. The highest BCUT2D eigenvalue weighted by Gasteiger charge is 2.29. The first-order valence-electron chi connectivity index (χ1n) is 6.67. The molecule has 1 aromatic heterocycles. The summed E-state index contributed by atoms with van der Waals surface area (Å²) < 4.78 is 1.04. The Hall–Kier alpha value is -1.62. The number of hydrogen-bond donors (Lipinski definition) is 2. The fourth-order valence-electron chi connectivity index (χ4n) is 2.81. The minimum Gasteiger partial charge on any atom is -0.481 e. The highest BCUT2D eigenvalue weighted by Crippen LogP contribution is 2.32. The first-order chi connectivity index (χ1) is 9.65. The van der Waals surface area contributed by atoms with Gasteiger partial charge in [-0.05, 0) is 31.4 Å². The van der Waals surface area contributed by atoms with Crippen LogP contribution in [0.1, 0.15) is 19.3 Å². The Morgan fingerprint density at radius 1 is 1.30 bits per heavy atom. The number of rotatable bonds is 3. The highest BCUT2D eigenvalue weighted by atomic mass is 79.9. The van der Waals surface area contributed by atoms with E-state index < -0.39 is 5.97 Å². The van der Waals surface area contributed by atoms with E-state index in [0.29, 0.717) is 6.42 Å². The van der Waals surface area contributed by atoms with E-state index >= 15 is 0 Å². The van der Waals surface area contributed by atoms with Crippen LogP contribution in [-0.4, -0.2) is 22.1 Å². The Morgan fingerprint density at radius 3 is 2.90 bits per heavy atom. The number of aromatic nitrogens is 1. The normalized spacial score (nSPS) is 22.1. The van der Waals surface area contributed by atoms with Crippen molar-refractivity contribution in [3.63, 3.8) is 0 Å². The first-order valence-corrected chi connectivity index (χ1v) is 7.47. The quantitative estimate of drug-likeness (QED) is 0.899. The molecule has 1 aromatic carbocycles. The number of halogens is 1. The summed E-state index contributed by atoms with van der Waals surface area (Å²) in [6.07, 6.45) is 4.06. The van der Waals surface area contributed by atoms with E-state index in [1.54, 1.807) is 6.20 Å². The lowest BCUT2D eigenvalue weighted by molar-refractivity contribution is -0.141. The molecule has 1 aliphatic rings. The molecule has 1 fully saturated rings. The third kappa shape index (κ3) is 2.50. The smallest absolute Gasteiger partial charge is 0.306 e. The Balaban J connectivity index is 1.85. The van der Waals surface area contributed by atoms with Gasteiger partial charge >= 0.3 is 5.97 Å². The van der Waals surface area contributed by atoms with Gasteiger partial charge in [-0.1, -0.05) is 28.1 Å². The number of aliphatic carboxylic acids is 1. The zero-order valence-corrected chi connectivity index (χ0v) is 12.4.